The highest BCUT2D eigenvalue weighted by molar-refractivity contribution is 5.24. The molecule has 2 rings (SSSR count). The summed E-state index contributed by atoms with van der Waals surface area (Å²) < 4.78 is 0. The fourth-order valence-corrected chi connectivity index (χ4v) is 3.49. The largest absolute Gasteiger partial charge is 0.389 e. The summed E-state index contributed by atoms with van der Waals surface area (Å²) in [7, 11) is 0. The van der Waals surface area contributed by atoms with Crippen molar-refractivity contribution >= 4 is 0 Å². The highest BCUT2D eigenvalue weighted by atomic mass is 16.3. The molecule has 1 heteroatoms. The van der Waals surface area contributed by atoms with Crippen LogP contribution in [0.25, 0.3) is 0 Å². The summed E-state index contributed by atoms with van der Waals surface area (Å²) >= 11 is 0. The molecule has 0 radical (unpaired) electrons. The molecule has 4 atom stereocenters. The minimum Gasteiger partial charge on any atom is -0.389 e. The lowest BCUT2D eigenvalue weighted by molar-refractivity contribution is 0.0882. The van der Waals surface area contributed by atoms with Gasteiger partial charge in [-0.25, -0.2) is 0 Å². The van der Waals surface area contributed by atoms with Gasteiger partial charge >= 0.3 is 0 Å². The quantitative estimate of drug-likeness (QED) is 0.668. The number of allylic oxidation sites excluding steroid dienone is 2. The van der Waals surface area contributed by atoms with E-state index in [0.717, 1.165) is 12.8 Å². The fraction of sp³-hybridized carbons (Fsp3) is 0.733. The smallest absolute Gasteiger partial charge is 0.0726 e. The molecule has 90 valence electrons. The monoisotopic (exact) mass is 220 g/mol. The minimum atomic E-state index is -0.209. The summed E-state index contributed by atoms with van der Waals surface area (Å²) in [5, 5.41) is 9.81. The van der Waals surface area contributed by atoms with Crippen LogP contribution < -0.4 is 0 Å². The summed E-state index contributed by atoms with van der Waals surface area (Å²) in [4.78, 5) is 0. The molecule has 16 heavy (non-hydrogen) atoms. The Morgan fingerprint density at radius 3 is 2.88 bits per heavy atom. The number of hydrogen-bond acceptors (Lipinski definition) is 1. The van der Waals surface area contributed by atoms with Crippen LogP contribution in [0.2, 0.25) is 0 Å². The highest BCUT2D eigenvalue weighted by Gasteiger charge is 2.43. The molecule has 1 nitrogen and oxygen atoms in total. The number of rotatable bonds is 1. The SMILES string of the molecule is C=C(C)[C@@H]1CCC2=CC(O)CC(C)[C@]2(C)C1. The molecule has 0 heterocycles. The first-order valence-electron chi connectivity index (χ1n) is 6.48. The lowest BCUT2D eigenvalue weighted by atomic mass is 9.57. The first-order valence-corrected chi connectivity index (χ1v) is 6.48. The molecule has 2 unspecified atom stereocenters. The number of aliphatic hydroxyl groups is 1. The van der Waals surface area contributed by atoms with Gasteiger partial charge in [-0.15, -0.1) is 0 Å². The molecule has 0 aromatic heterocycles. The second-order valence-electron chi connectivity index (χ2n) is 6.10. The summed E-state index contributed by atoms with van der Waals surface area (Å²) in [6.07, 6.45) is 6.42. The van der Waals surface area contributed by atoms with E-state index in [2.05, 4.69) is 33.4 Å². The van der Waals surface area contributed by atoms with E-state index in [1.807, 2.05) is 0 Å². The van der Waals surface area contributed by atoms with Crippen LogP contribution in [0.1, 0.15) is 46.5 Å². The lowest BCUT2D eigenvalue weighted by Gasteiger charge is -2.48. The standard InChI is InChI=1S/C15H24O/c1-10(2)12-5-6-13-8-14(16)7-11(3)15(13,4)9-12/h8,11-12,14,16H,1,5-7,9H2,2-4H3/t11?,12-,14?,15+/m1/s1. The van der Waals surface area contributed by atoms with Crippen LogP contribution in [-0.2, 0) is 0 Å². The summed E-state index contributed by atoms with van der Waals surface area (Å²) in [6.45, 7) is 10.9. The van der Waals surface area contributed by atoms with Crippen molar-refractivity contribution in [3.05, 3.63) is 23.8 Å². The molecule has 0 bridgehead atoms. The van der Waals surface area contributed by atoms with Gasteiger partial charge < -0.3 is 5.11 Å². The predicted octanol–water partition coefficient (Wildman–Crippen LogP) is 3.70. The van der Waals surface area contributed by atoms with Crippen LogP contribution in [0, 0.1) is 17.3 Å². The van der Waals surface area contributed by atoms with Gasteiger partial charge in [-0.2, -0.15) is 0 Å². The van der Waals surface area contributed by atoms with Crippen LogP contribution in [0.15, 0.2) is 23.8 Å². The predicted molar refractivity (Wildman–Crippen MR) is 68.1 cm³/mol. The van der Waals surface area contributed by atoms with Crippen molar-refractivity contribution < 1.29 is 5.11 Å². The molecule has 2 aliphatic carbocycles. The van der Waals surface area contributed by atoms with Crippen molar-refractivity contribution in [1.82, 2.24) is 0 Å². The molecular weight excluding hydrogens is 196 g/mol. The molecule has 0 aromatic rings. The van der Waals surface area contributed by atoms with Crippen molar-refractivity contribution in [2.45, 2.75) is 52.6 Å². The van der Waals surface area contributed by atoms with E-state index in [1.54, 1.807) is 0 Å². The zero-order valence-electron chi connectivity index (χ0n) is 10.8. The third-order valence-corrected chi connectivity index (χ3v) is 4.94. The Morgan fingerprint density at radius 2 is 2.25 bits per heavy atom. The fourth-order valence-electron chi connectivity index (χ4n) is 3.49. The van der Waals surface area contributed by atoms with Gasteiger partial charge in [0.25, 0.3) is 0 Å². The molecule has 1 N–H and O–H groups in total. The lowest BCUT2D eigenvalue weighted by Crippen LogP contribution is -2.39. The maximum atomic E-state index is 9.81. The van der Waals surface area contributed by atoms with Gasteiger partial charge in [0.2, 0.25) is 0 Å². The van der Waals surface area contributed by atoms with Gasteiger partial charge in [0.1, 0.15) is 0 Å². The van der Waals surface area contributed by atoms with Gasteiger partial charge in [-0.3, -0.25) is 0 Å². The molecule has 1 fully saturated rings. The molecular formula is C15H24O. The molecule has 0 aromatic carbocycles. The Balaban J connectivity index is 2.26. The van der Waals surface area contributed by atoms with Crippen molar-refractivity contribution in [2.75, 3.05) is 0 Å². The molecule has 0 aliphatic heterocycles. The van der Waals surface area contributed by atoms with Crippen LogP contribution >= 0.6 is 0 Å². The van der Waals surface area contributed by atoms with Crippen LogP contribution in [0.3, 0.4) is 0 Å². The zero-order chi connectivity index (χ0) is 11.9. The van der Waals surface area contributed by atoms with Crippen LogP contribution in [0.4, 0.5) is 0 Å². The number of aliphatic hydroxyl groups excluding tert-OH is 1. The Bertz CT molecular complexity index is 328. The molecule has 2 aliphatic rings. The van der Waals surface area contributed by atoms with E-state index in [-0.39, 0.29) is 6.10 Å². The third kappa shape index (κ3) is 1.86. The highest BCUT2D eigenvalue weighted by Crippen LogP contribution is 2.53. The van der Waals surface area contributed by atoms with Gasteiger partial charge in [0.05, 0.1) is 6.10 Å². The summed E-state index contributed by atoms with van der Waals surface area (Å²) in [6, 6.07) is 0. The Hall–Kier alpha value is -0.560. The van der Waals surface area contributed by atoms with Crippen molar-refractivity contribution in [1.29, 1.82) is 0 Å². The van der Waals surface area contributed by atoms with E-state index in [0.29, 0.717) is 17.3 Å². The number of hydrogen-bond donors (Lipinski definition) is 1. The second kappa shape index (κ2) is 4.03. The van der Waals surface area contributed by atoms with Gasteiger partial charge in [-0.05, 0) is 49.9 Å². The van der Waals surface area contributed by atoms with Gasteiger partial charge in [0, 0.05) is 0 Å². The van der Waals surface area contributed by atoms with E-state index < -0.39 is 0 Å². The first kappa shape index (κ1) is 11.9. The van der Waals surface area contributed by atoms with Crippen molar-refractivity contribution in [3.63, 3.8) is 0 Å². The molecule has 1 saturated carbocycles. The number of fused-ring (bicyclic) bond motifs is 1. The normalized spacial score (nSPS) is 43.5. The molecule has 0 amide bonds. The van der Waals surface area contributed by atoms with E-state index in [4.69, 9.17) is 0 Å². The van der Waals surface area contributed by atoms with E-state index >= 15 is 0 Å². The van der Waals surface area contributed by atoms with Crippen LogP contribution in [-0.4, -0.2) is 11.2 Å². The maximum absolute atomic E-state index is 9.81. The van der Waals surface area contributed by atoms with E-state index in [9.17, 15) is 5.11 Å². The third-order valence-electron chi connectivity index (χ3n) is 4.94. The Labute approximate surface area is 99.3 Å². The summed E-state index contributed by atoms with van der Waals surface area (Å²) in [5.41, 5.74) is 3.14. The van der Waals surface area contributed by atoms with Gasteiger partial charge in [-0.1, -0.05) is 37.6 Å². The molecule has 0 spiro atoms. The van der Waals surface area contributed by atoms with Crippen molar-refractivity contribution in [2.24, 2.45) is 17.3 Å². The minimum absolute atomic E-state index is 0.209. The first-order chi connectivity index (χ1) is 7.43. The van der Waals surface area contributed by atoms with E-state index in [1.165, 1.54) is 24.0 Å². The topological polar surface area (TPSA) is 20.2 Å². The maximum Gasteiger partial charge on any atom is 0.0726 e. The Morgan fingerprint density at radius 1 is 1.56 bits per heavy atom. The Kier molecular flexibility index (Phi) is 3.00. The average molecular weight is 220 g/mol. The average Bonchev–Trinajstić information content (AvgIpc) is 2.19. The van der Waals surface area contributed by atoms with Crippen molar-refractivity contribution in [3.8, 4) is 0 Å². The van der Waals surface area contributed by atoms with Gasteiger partial charge in [0.15, 0.2) is 0 Å². The molecule has 0 saturated heterocycles. The zero-order valence-corrected chi connectivity index (χ0v) is 10.8. The summed E-state index contributed by atoms with van der Waals surface area (Å²) in [5.74, 6) is 1.27. The second-order valence-corrected chi connectivity index (χ2v) is 6.10. The van der Waals surface area contributed by atoms with Crippen LogP contribution in [0.5, 0.6) is 0 Å².